The van der Waals surface area contributed by atoms with Gasteiger partial charge in [0.1, 0.15) is 12.4 Å². The van der Waals surface area contributed by atoms with Gasteiger partial charge in [0.2, 0.25) is 16.7 Å². The second kappa shape index (κ2) is 7.57. The molecule has 1 rings (SSSR count). The molecule has 0 aromatic carbocycles. The molecule has 0 saturated carbocycles. The number of hydrogen-bond donors (Lipinski definition) is 4. The van der Waals surface area contributed by atoms with Gasteiger partial charge in [0.15, 0.2) is 6.04 Å². The topological polar surface area (TPSA) is 172 Å². The Bertz CT molecular complexity index is 530. The second-order valence-electron chi connectivity index (χ2n) is 3.82. The fraction of sp³-hybridized carbons (Fsp3) is 0.444. The quantitative estimate of drug-likeness (QED) is 0.306. The molecule has 11 heteroatoms. The van der Waals surface area contributed by atoms with Gasteiger partial charge in [-0.15, -0.1) is 0 Å². The number of aromatic nitrogens is 2. The number of imidazole rings is 1. The summed E-state index contributed by atoms with van der Waals surface area (Å²) in [5, 5.41) is 17.6. The average molecular weight is 310 g/mol. The lowest BCUT2D eigenvalue weighted by Gasteiger charge is -2.11. The molecular formula is C9H14N2O8S. The van der Waals surface area contributed by atoms with E-state index in [9.17, 15) is 9.59 Å². The van der Waals surface area contributed by atoms with E-state index < -0.39 is 34.3 Å². The van der Waals surface area contributed by atoms with Gasteiger partial charge in [-0.1, -0.05) is 6.92 Å². The molecule has 2 unspecified atom stereocenters. The van der Waals surface area contributed by atoms with Crippen LogP contribution in [0.2, 0.25) is 0 Å². The molecule has 0 saturated heterocycles. The van der Waals surface area contributed by atoms with Crippen LogP contribution in [0.25, 0.3) is 0 Å². The predicted octanol–water partition coefficient (Wildman–Crippen LogP) is -0.957. The van der Waals surface area contributed by atoms with E-state index in [1.807, 2.05) is 0 Å². The third-order valence-corrected chi connectivity index (χ3v) is 2.21. The first-order valence-corrected chi connectivity index (χ1v) is 6.56. The normalized spacial score (nSPS) is 13.8. The van der Waals surface area contributed by atoms with Crippen molar-refractivity contribution in [2.45, 2.75) is 19.4 Å². The zero-order valence-corrected chi connectivity index (χ0v) is 11.1. The number of hydrogen-bond acceptors (Lipinski definition) is 5. The van der Waals surface area contributed by atoms with Crippen LogP contribution in [0.3, 0.4) is 0 Å². The lowest BCUT2D eigenvalue weighted by Crippen LogP contribution is -2.43. The van der Waals surface area contributed by atoms with E-state index in [4.69, 9.17) is 27.7 Å². The van der Waals surface area contributed by atoms with Gasteiger partial charge in [-0.25, -0.2) is 17.8 Å². The minimum Gasteiger partial charge on any atom is -0.726 e. The Labute approximate surface area is 114 Å². The molecule has 0 aliphatic rings. The number of H-pyrrole nitrogens is 1. The van der Waals surface area contributed by atoms with E-state index in [2.05, 4.69) is 4.98 Å². The maximum atomic E-state index is 10.9. The van der Waals surface area contributed by atoms with Gasteiger partial charge < -0.3 is 14.8 Å². The van der Waals surface area contributed by atoms with Crippen LogP contribution >= 0.6 is 0 Å². The summed E-state index contributed by atoms with van der Waals surface area (Å²) in [7, 11) is -4.92. The largest absolute Gasteiger partial charge is 0.726 e. The van der Waals surface area contributed by atoms with Crippen LogP contribution in [0.15, 0.2) is 18.7 Å². The molecule has 1 heterocycles. The Morgan fingerprint density at radius 2 is 1.85 bits per heavy atom. The van der Waals surface area contributed by atoms with Crippen molar-refractivity contribution < 1.29 is 41.9 Å². The summed E-state index contributed by atoms with van der Waals surface area (Å²) in [6.45, 7) is 1.49. The maximum absolute atomic E-state index is 10.9. The molecule has 1 aromatic rings. The molecule has 2 atom stereocenters. The van der Waals surface area contributed by atoms with Crippen molar-refractivity contribution in [1.29, 1.82) is 0 Å². The van der Waals surface area contributed by atoms with E-state index in [-0.39, 0.29) is 6.42 Å². The zero-order chi connectivity index (χ0) is 15.9. The number of nitrogens with zero attached hydrogens (tertiary/aromatic N) is 1. The summed E-state index contributed by atoms with van der Waals surface area (Å²) < 4.78 is 34.3. The van der Waals surface area contributed by atoms with Gasteiger partial charge in [-0.2, -0.15) is 0 Å². The molecule has 0 aliphatic heterocycles. The first kappa shape index (κ1) is 18.0. The highest BCUT2D eigenvalue weighted by atomic mass is 32.3. The number of aliphatic carboxylic acids is 2. The first-order chi connectivity index (χ1) is 9.02. The van der Waals surface area contributed by atoms with Crippen LogP contribution in [-0.4, -0.2) is 44.7 Å². The fourth-order valence-corrected chi connectivity index (χ4v) is 1.28. The molecule has 0 bridgehead atoms. The monoisotopic (exact) mass is 310 g/mol. The molecule has 4 N–H and O–H groups in total. The van der Waals surface area contributed by atoms with E-state index in [1.54, 1.807) is 12.4 Å². The predicted molar refractivity (Wildman–Crippen MR) is 61.4 cm³/mol. The third kappa shape index (κ3) is 8.18. The van der Waals surface area contributed by atoms with Gasteiger partial charge >= 0.3 is 11.9 Å². The van der Waals surface area contributed by atoms with Crippen LogP contribution in [0.4, 0.5) is 0 Å². The molecule has 114 valence electrons. The third-order valence-electron chi connectivity index (χ3n) is 2.21. The van der Waals surface area contributed by atoms with Crippen LogP contribution < -0.4 is 4.57 Å². The Morgan fingerprint density at radius 3 is 2.15 bits per heavy atom. The lowest BCUT2D eigenvalue weighted by atomic mass is 10.0. The van der Waals surface area contributed by atoms with Crippen LogP contribution in [-0.2, 0) is 20.0 Å². The van der Waals surface area contributed by atoms with Crippen molar-refractivity contribution in [2.75, 3.05) is 0 Å². The number of rotatable bonds is 5. The summed E-state index contributed by atoms with van der Waals surface area (Å²) in [5.41, 5.74) is 0. The number of carboxylic acids is 2. The standard InChI is InChI=1S/C9H12N2O4.H2O4S/c1-6(8(12)13)4-7(9(14)15)11-3-2-10-5-11;1-5(2,3)4/h2-3,5-7H,4H2,1H3,(H2,12,13,14,15);(H2,1,2,3,4). The molecule has 20 heavy (non-hydrogen) atoms. The Kier molecular flexibility index (Phi) is 6.82. The van der Waals surface area contributed by atoms with E-state index in [0.717, 1.165) is 0 Å². The van der Waals surface area contributed by atoms with E-state index in [0.29, 0.717) is 0 Å². The van der Waals surface area contributed by atoms with Crippen molar-refractivity contribution >= 4 is 22.3 Å². The molecular weight excluding hydrogens is 296 g/mol. The molecule has 0 fully saturated rings. The minimum atomic E-state index is -4.92. The lowest BCUT2D eigenvalue weighted by molar-refractivity contribution is -0.710. The van der Waals surface area contributed by atoms with Crippen molar-refractivity contribution in [2.24, 2.45) is 5.92 Å². The number of carbonyl (C=O) groups is 2. The Morgan fingerprint density at radius 1 is 1.35 bits per heavy atom. The number of carboxylic acid groups (broad SMARTS) is 2. The Balaban J connectivity index is 0.000000621. The average Bonchev–Trinajstić information content (AvgIpc) is 2.75. The van der Waals surface area contributed by atoms with Crippen molar-refractivity contribution in [1.82, 2.24) is 4.98 Å². The van der Waals surface area contributed by atoms with Gasteiger partial charge in [-0.3, -0.25) is 14.3 Å². The van der Waals surface area contributed by atoms with Gasteiger partial charge in [0, 0.05) is 6.42 Å². The van der Waals surface area contributed by atoms with Gasteiger partial charge in [0.25, 0.3) is 0 Å². The highest BCUT2D eigenvalue weighted by molar-refractivity contribution is 7.79. The summed E-state index contributed by atoms with van der Waals surface area (Å²) in [4.78, 5) is 24.3. The zero-order valence-electron chi connectivity index (χ0n) is 10.3. The van der Waals surface area contributed by atoms with Crippen LogP contribution in [0.1, 0.15) is 19.4 Å². The number of aromatic amines is 1. The fourth-order valence-electron chi connectivity index (χ4n) is 1.28. The number of nitrogens with one attached hydrogen (secondary N) is 1. The summed E-state index contributed by atoms with van der Waals surface area (Å²) >= 11 is 0. The van der Waals surface area contributed by atoms with Crippen LogP contribution in [0, 0.1) is 5.92 Å². The Hall–Kier alpha value is -1.98. The summed E-state index contributed by atoms with van der Waals surface area (Å²) in [5.74, 6) is -2.71. The van der Waals surface area contributed by atoms with Gasteiger partial charge in [0.05, 0.1) is 5.92 Å². The molecule has 0 spiro atoms. The first-order valence-electron chi connectivity index (χ1n) is 5.19. The molecule has 0 amide bonds. The smallest absolute Gasteiger partial charge is 0.349 e. The minimum absolute atomic E-state index is 0.0627. The highest BCUT2D eigenvalue weighted by Crippen LogP contribution is 2.12. The van der Waals surface area contributed by atoms with Crippen molar-refractivity contribution in [3.8, 4) is 0 Å². The molecule has 10 nitrogen and oxygen atoms in total. The maximum Gasteiger partial charge on any atom is 0.349 e. The molecule has 1 aromatic heterocycles. The SMILES string of the molecule is CC(CC(C(=O)O)[n+]1cc[nH]c1)C(=O)O.O=S(=O)([O-])O. The van der Waals surface area contributed by atoms with Crippen LogP contribution in [0.5, 0.6) is 0 Å². The molecule has 0 radical (unpaired) electrons. The summed E-state index contributed by atoms with van der Waals surface area (Å²) in [6.07, 6.45) is 4.70. The second-order valence-corrected chi connectivity index (χ2v) is 4.67. The summed E-state index contributed by atoms with van der Waals surface area (Å²) in [6, 6.07) is -0.845. The van der Waals surface area contributed by atoms with E-state index in [1.165, 1.54) is 17.8 Å². The molecule has 0 aliphatic carbocycles. The van der Waals surface area contributed by atoms with Crippen molar-refractivity contribution in [3.05, 3.63) is 18.7 Å². The van der Waals surface area contributed by atoms with Crippen molar-refractivity contribution in [3.63, 3.8) is 0 Å². The highest BCUT2D eigenvalue weighted by Gasteiger charge is 2.28. The van der Waals surface area contributed by atoms with Gasteiger partial charge in [-0.05, 0) is 0 Å². The van der Waals surface area contributed by atoms with E-state index >= 15 is 0 Å².